The lowest BCUT2D eigenvalue weighted by Crippen LogP contribution is -2.31. The van der Waals surface area contributed by atoms with Gasteiger partial charge >= 0.3 is 0 Å². The van der Waals surface area contributed by atoms with Crippen LogP contribution < -0.4 is 5.32 Å². The highest BCUT2D eigenvalue weighted by Gasteiger charge is 2.20. The van der Waals surface area contributed by atoms with Crippen LogP contribution in [0, 0.1) is 0 Å². The van der Waals surface area contributed by atoms with E-state index in [1.165, 1.54) is 0 Å². The zero-order chi connectivity index (χ0) is 13.9. The molecule has 0 aliphatic carbocycles. The van der Waals surface area contributed by atoms with E-state index in [2.05, 4.69) is 55.3 Å². The number of nitrogens with zero attached hydrogens (tertiary/aromatic N) is 1. The predicted molar refractivity (Wildman–Crippen MR) is 80.5 cm³/mol. The maximum Gasteiger partial charge on any atom is 0.0933 e. The van der Waals surface area contributed by atoms with Gasteiger partial charge in [0, 0.05) is 24.7 Å². The fourth-order valence-electron chi connectivity index (χ4n) is 2.36. The normalized spacial score (nSPS) is 13.5. The first-order valence-corrected chi connectivity index (χ1v) is 6.67. The molecular formula is C16H22N2O. The van der Waals surface area contributed by atoms with E-state index in [1.807, 2.05) is 12.3 Å². The van der Waals surface area contributed by atoms with Gasteiger partial charge in [-0.1, -0.05) is 18.2 Å². The van der Waals surface area contributed by atoms with Crippen molar-refractivity contribution in [3.05, 3.63) is 36.5 Å². The van der Waals surface area contributed by atoms with Crippen LogP contribution in [0.25, 0.3) is 10.9 Å². The van der Waals surface area contributed by atoms with Gasteiger partial charge in [-0.3, -0.25) is 4.98 Å². The highest BCUT2D eigenvalue weighted by atomic mass is 16.5. The molecule has 0 aliphatic heterocycles. The van der Waals surface area contributed by atoms with Gasteiger partial charge in [0.25, 0.3) is 0 Å². The number of hydrogen-bond donors (Lipinski definition) is 1. The number of pyridine rings is 1. The summed E-state index contributed by atoms with van der Waals surface area (Å²) < 4.78 is 5.48. The number of nitrogens with one attached hydrogen (secondary N) is 1. The minimum Gasteiger partial charge on any atom is -0.381 e. The number of benzene rings is 1. The van der Waals surface area contributed by atoms with Gasteiger partial charge in [0.1, 0.15) is 0 Å². The Morgan fingerprint density at radius 2 is 2.00 bits per heavy atom. The van der Waals surface area contributed by atoms with E-state index in [9.17, 15) is 0 Å². The van der Waals surface area contributed by atoms with E-state index < -0.39 is 0 Å². The van der Waals surface area contributed by atoms with Gasteiger partial charge in [0.15, 0.2) is 0 Å². The third-order valence-electron chi connectivity index (χ3n) is 3.38. The van der Waals surface area contributed by atoms with Gasteiger partial charge in [0.2, 0.25) is 0 Å². The highest BCUT2D eigenvalue weighted by Crippen LogP contribution is 2.24. The Labute approximate surface area is 115 Å². The van der Waals surface area contributed by atoms with Crippen molar-refractivity contribution in [3.63, 3.8) is 0 Å². The van der Waals surface area contributed by atoms with Gasteiger partial charge in [-0.15, -0.1) is 0 Å². The lowest BCUT2D eigenvalue weighted by atomic mass is 9.99. The molecule has 0 spiro atoms. The molecule has 0 fully saturated rings. The number of para-hydroxylation sites is 1. The zero-order valence-corrected chi connectivity index (χ0v) is 12.1. The van der Waals surface area contributed by atoms with E-state index in [-0.39, 0.29) is 5.60 Å². The molecule has 2 aromatic rings. The highest BCUT2D eigenvalue weighted by molar-refractivity contribution is 5.90. The van der Waals surface area contributed by atoms with Crippen LogP contribution in [0.15, 0.2) is 36.5 Å². The molecule has 0 amide bonds. The van der Waals surface area contributed by atoms with Gasteiger partial charge < -0.3 is 10.1 Å². The van der Waals surface area contributed by atoms with Crippen molar-refractivity contribution in [1.82, 2.24) is 4.98 Å². The molecule has 1 aromatic carbocycles. The van der Waals surface area contributed by atoms with Gasteiger partial charge in [0.05, 0.1) is 16.8 Å². The number of fused-ring (bicyclic) bond motifs is 1. The van der Waals surface area contributed by atoms with Crippen molar-refractivity contribution in [1.29, 1.82) is 0 Å². The summed E-state index contributed by atoms with van der Waals surface area (Å²) in [5, 5.41) is 4.69. The van der Waals surface area contributed by atoms with Crippen molar-refractivity contribution < 1.29 is 4.74 Å². The molecule has 0 radical (unpaired) electrons. The number of hydrogen-bond acceptors (Lipinski definition) is 3. The van der Waals surface area contributed by atoms with Gasteiger partial charge in [-0.25, -0.2) is 0 Å². The summed E-state index contributed by atoms with van der Waals surface area (Å²) in [4.78, 5) is 4.46. The maximum atomic E-state index is 5.48. The Bertz CT molecular complexity index is 546. The third-order valence-corrected chi connectivity index (χ3v) is 3.38. The van der Waals surface area contributed by atoms with Crippen LogP contribution >= 0.6 is 0 Å². The van der Waals surface area contributed by atoms with Crippen LogP contribution in [0.4, 0.5) is 5.69 Å². The summed E-state index contributed by atoms with van der Waals surface area (Å²) in [6.07, 6.45) is 2.77. The molecular weight excluding hydrogens is 236 g/mol. The van der Waals surface area contributed by atoms with Crippen LogP contribution in [0.1, 0.15) is 27.2 Å². The first-order valence-electron chi connectivity index (χ1n) is 6.67. The minimum atomic E-state index is -0.121. The summed E-state index contributed by atoms with van der Waals surface area (Å²) in [6.45, 7) is 6.38. The number of anilines is 1. The van der Waals surface area contributed by atoms with Crippen LogP contribution in [-0.4, -0.2) is 23.7 Å². The molecule has 102 valence electrons. The number of aromatic nitrogens is 1. The molecule has 19 heavy (non-hydrogen) atoms. The van der Waals surface area contributed by atoms with E-state index in [4.69, 9.17) is 4.74 Å². The molecule has 1 unspecified atom stereocenters. The lowest BCUT2D eigenvalue weighted by Gasteiger charge is -2.27. The fourth-order valence-corrected chi connectivity index (χ4v) is 2.36. The van der Waals surface area contributed by atoms with E-state index in [1.54, 1.807) is 7.11 Å². The van der Waals surface area contributed by atoms with Crippen LogP contribution in [0.5, 0.6) is 0 Å². The summed E-state index contributed by atoms with van der Waals surface area (Å²) in [7, 11) is 1.76. The van der Waals surface area contributed by atoms with Crippen LogP contribution in [0.2, 0.25) is 0 Å². The quantitative estimate of drug-likeness (QED) is 0.884. The number of ether oxygens (including phenoxy) is 1. The molecule has 1 N–H and O–H groups in total. The summed E-state index contributed by atoms with van der Waals surface area (Å²) >= 11 is 0. The first-order chi connectivity index (χ1) is 9.02. The topological polar surface area (TPSA) is 34.1 Å². The Morgan fingerprint density at radius 3 is 2.74 bits per heavy atom. The third kappa shape index (κ3) is 3.44. The largest absolute Gasteiger partial charge is 0.381 e. The summed E-state index contributed by atoms with van der Waals surface area (Å²) in [5.74, 6) is 0. The van der Waals surface area contributed by atoms with Crippen LogP contribution in [-0.2, 0) is 4.74 Å². The molecule has 2 rings (SSSR count). The van der Waals surface area contributed by atoms with E-state index in [0.717, 1.165) is 23.0 Å². The maximum absolute atomic E-state index is 5.48. The Balaban J connectivity index is 2.17. The molecule has 1 heterocycles. The summed E-state index contributed by atoms with van der Waals surface area (Å²) in [5.41, 5.74) is 1.98. The smallest absolute Gasteiger partial charge is 0.0933 e. The predicted octanol–water partition coefficient (Wildman–Crippen LogP) is 3.85. The molecule has 0 aliphatic rings. The summed E-state index contributed by atoms with van der Waals surface area (Å²) in [6, 6.07) is 10.6. The minimum absolute atomic E-state index is 0.121. The Hall–Kier alpha value is -1.61. The average Bonchev–Trinajstić information content (AvgIpc) is 2.38. The van der Waals surface area contributed by atoms with Crippen molar-refractivity contribution in [2.24, 2.45) is 0 Å². The van der Waals surface area contributed by atoms with Crippen molar-refractivity contribution in [2.75, 3.05) is 12.4 Å². The number of rotatable bonds is 5. The Kier molecular flexibility index (Phi) is 4.05. The lowest BCUT2D eigenvalue weighted by molar-refractivity contribution is 0.0128. The van der Waals surface area contributed by atoms with E-state index in [0.29, 0.717) is 6.04 Å². The van der Waals surface area contributed by atoms with Gasteiger partial charge in [-0.05, 0) is 39.3 Å². The second kappa shape index (κ2) is 5.57. The van der Waals surface area contributed by atoms with Gasteiger partial charge in [-0.2, -0.15) is 0 Å². The second-order valence-electron chi connectivity index (χ2n) is 5.59. The molecule has 3 nitrogen and oxygen atoms in total. The molecule has 1 aromatic heterocycles. The molecule has 1 atom stereocenters. The zero-order valence-electron chi connectivity index (χ0n) is 12.1. The van der Waals surface area contributed by atoms with Crippen molar-refractivity contribution in [3.8, 4) is 0 Å². The molecule has 0 saturated heterocycles. The van der Waals surface area contributed by atoms with Crippen molar-refractivity contribution in [2.45, 2.75) is 38.8 Å². The monoisotopic (exact) mass is 258 g/mol. The average molecular weight is 258 g/mol. The van der Waals surface area contributed by atoms with Crippen molar-refractivity contribution >= 4 is 16.6 Å². The SMILES string of the molecule is COC(C)(C)CC(C)Nc1cccc2cccnc12. The van der Waals surface area contributed by atoms with Crippen LogP contribution in [0.3, 0.4) is 0 Å². The fraction of sp³-hybridized carbons (Fsp3) is 0.438. The second-order valence-corrected chi connectivity index (χ2v) is 5.59. The number of methoxy groups -OCH3 is 1. The first kappa shape index (κ1) is 13.8. The molecule has 0 bridgehead atoms. The van der Waals surface area contributed by atoms with E-state index >= 15 is 0 Å². The molecule has 0 saturated carbocycles. The molecule has 3 heteroatoms. The standard InChI is InChI=1S/C16H22N2O/c1-12(11-16(2,3)19-4)18-14-9-5-7-13-8-6-10-17-15(13)14/h5-10,12,18H,11H2,1-4H3. The Morgan fingerprint density at radius 1 is 1.26 bits per heavy atom.